The summed E-state index contributed by atoms with van der Waals surface area (Å²) < 4.78 is 7.40. The number of pyridine rings is 1. The molecule has 19 heavy (non-hydrogen) atoms. The van der Waals surface area contributed by atoms with Gasteiger partial charge in [-0.2, -0.15) is 5.01 Å². The zero-order valence-electron chi connectivity index (χ0n) is 12.3. The van der Waals surface area contributed by atoms with E-state index in [0.29, 0.717) is 0 Å². The van der Waals surface area contributed by atoms with Crippen molar-refractivity contribution in [1.82, 2.24) is 0 Å². The van der Waals surface area contributed by atoms with Crippen LogP contribution in [0.1, 0.15) is 17.0 Å². The van der Waals surface area contributed by atoms with Crippen LogP contribution >= 0.6 is 0 Å². The number of aryl methyl sites for hydroxylation is 3. The molecule has 0 saturated heterocycles. The molecule has 0 N–H and O–H groups in total. The summed E-state index contributed by atoms with van der Waals surface area (Å²) in [6, 6.07) is 12.5. The molecule has 0 atom stereocenters. The number of methoxy groups -OCH3 is 1. The molecule has 0 bridgehead atoms. The van der Waals surface area contributed by atoms with Crippen molar-refractivity contribution in [2.75, 3.05) is 19.2 Å². The van der Waals surface area contributed by atoms with E-state index in [1.807, 2.05) is 12.1 Å². The van der Waals surface area contributed by atoms with Crippen LogP contribution in [-0.4, -0.2) is 14.2 Å². The summed E-state index contributed by atoms with van der Waals surface area (Å²) in [6.07, 6.45) is 0. The van der Waals surface area contributed by atoms with Crippen molar-refractivity contribution in [2.24, 2.45) is 0 Å². The molecule has 0 aliphatic rings. The van der Waals surface area contributed by atoms with Gasteiger partial charge < -0.3 is 4.74 Å². The Hall–Kier alpha value is -2.03. The number of hydrogen-bond acceptors (Lipinski definition) is 2. The van der Waals surface area contributed by atoms with Crippen molar-refractivity contribution in [3.05, 3.63) is 53.3 Å². The number of benzene rings is 1. The monoisotopic (exact) mass is 257 g/mol. The summed E-state index contributed by atoms with van der Waals surface area (Å²) in [5.41, 5.74) is 4.85. The first-order valence-electron chi connectivity index (χ1n) is 6.41. The lowest BCUT2D eigenvalue weighted by Gasteiger charge is -2.16. The molecule has 0 radical (unpaired) electrons. The Balaban J connectivity index is 2.40. The third-order valence-electron chi connectivity index (χ3n) is 3.29. The Kier molecular flexibility index (Phi) is 3.74. The number of ether oxygens (including phenoxy) is 1. The quantitative estimate of drug-likeness (QED) is 0.786. The molecule has 3 heteroatoms. The first-order chi connectivity index (χ1) is 9.02. The number of anilines is 1. The molecule has 1 heterocycles. The third-order valence-corrected chi connectivity index (χ3v) is 3.29. The fourth-order valence-electron chi connectivity index (χ4n) is 2.49. The highest BCUT2D eigenvalue weighted by atomic mass is 16.5. The summed E-state index contributed by atoms with van der Waals surface area (Å²) in [6.45, 7) is 6.37. The van der Waals surface area contributed by atoms with E-state index in [-0.39, 0.29) is 0 Å². The lowest BCUT2D eigenvalue weighted by atomic mass is 10.2. The average Bonchev–Trinajstić information content (AvgIpc) is 2.37. The molecule has 0 saturated carbocycles. The van der Waals surface area contributed by atoms with E-state index >= 15 is 0 Å². The summed E-state index contributed by atoms with van der Waals surface area (Å²) >= 11 is 0. The van der Waals surface area contributed by atoms with Gasteiger partial charge in [-0.25, -0.2) is 0 Å². The molecule has 100 valence electrons. The van der Waals surface area contributed by atoms with Crippen LogP contribution in [0.4, 0.5) is 5.69 Å². The maximum Gasteiger partial charge on any atom is 0.209 e. The largest absolute Gasteiger partial charge is 0.497 e. The average molecular weight is 257 g/mol. The predicted molar refractivity (Wildman–Crippen MR) is 77.6 cm³/mol. The molecule has 2 aromatic rings. The van der Waals surface area contributed by atoms with Crippen LogP contribution in [0.5, 0.6) is 5.75 Å². The van der Waals surface area contributed by atoms with E-state index in [4.69, 9.17) is 4.74 Å². The Morgan fingerprint density at radius 1 is 0.947 bits per heavy atom. The number of nitrogens with zero attached hydrogens (tertiary/aromatic N) is 2. The minimum absolute atomic E-state index is 0.875. The summed E-state index contributed by atoms with van der Waals surface area (Å²) in [5.74, 6) is 0.875. The third kappa shape index (κ3) is 2.70. The minimum atomic E-state index is 0.875. The molecule has 3 nitrogen and oxygen atoms in total. The SMILES string of the molecule is COc1ccc(N(C)[n+]2c(C)cc(C)cc2C)cc1. The highest BCUT2D eigenvalue weighted by molar-refractivity contribution is 5.46. The van der Waals surface area contributed by atoms with Gasteiger partial charge in [-0.15, -0.1) is 0 Å². The van der Waals surface area contributed by atoms with E-state index in [2.05, 4.69) is 61.8 Å². The van der Waals surface area contributed by atoms with Crippen molar-refractivity contribution < 1.29 is 9.41 Å². The molecule has 0 aliphatic carbocycles. The van der Waals surface area contributed by atoms with Crippen LogP contribution in [-0.2, 0) is 0 Å². The number of aromatic nitrogens is 1. The normalized spacial score (nSPS) is 10.4. The highest BCUT2D eigenvalue weighted by Gasteiger charge is 2.18. The van der Waals surface area contributed by atoms with Crippen molar-refractivity contribution in [1.29, 1.82) is 0 Å². The van der Waals surface area contributed by atoms with Crippen LogP contribution < -0.4 is 14.4 Å². The van der Waals surface area contributed by atoms with Crippen LogP contribution in [0.25, 0.3) is 0 Å². The fourth-order valence-corrected chi connectivity index (χ4v) is 2.49. The van der Waals surface area contributed by atoms with Gasteiger partial charge in [0.15, 0.2) is 0 Å². The van der Waals surface area contributed by atoms with Crippen LogP contribution in [0.2, 0.25) is 0 Å². The Morgan fingerprint density at radius 2 is 1.47 bits per heavy atom. The molecule has 0 fully saturated rings. The van der Waals surface area contributed by atoms with Gasteiger partial charge in [0.25, 0.3) is 0 Å². The van der Waals surface area contributed by atoms with Gasteiger partial charge in [-0.1, -0.05) is 4.68 Å². The van der Waals surface area contributed by atoms with Gasteiger partial charge in [0, 0.05) is 26.0 Å². The molecular weight excluding hydrogens is 236 g/mol. The highest BCUT2D eigenvalue weighted by Crippen LogP contribution is 2.17. The topological polar surface area (TPSA) is 16.4 Å². The second kappa shape index (κ2) is 5.31. The van der Waals surface area contributed by atoms with Gasteiger partial charge in [0.05, 0.1) is 19.8 Å². The van der Waals surface area contributed by atoms with Crippen molar-refractivity contribution in [2.45, 2.75) is 20.8 Å². The molecular formula is C16H21N2O+. The van der Waals surface area contributed by atoms with Crippen molar-refractivity contribution >= 4 is 5.69 Å². The molecule has 2 rings (SSSR count). The van der Waals surface area contributed by atoms with E-state index in [1.54, 1.807) is 7.11 Å². The first-order valence-corrected chi connectivity index (χ1v) is 6.41. The molecule has 0 unspecified atom stereocenters. The number of rotatable bonds is 3. The lowest BCUT2D eigenvalue weighted by Crippen LogP contribution is -2.56. The van der Waals surface area contributed by atoms with E-state index in [1.165, 1.54) is 17.0 Å². The van der Waals surface area contributed by atoms with Crippen molar-refractivity contribution in [3.8, 4) is 5.75 Å². The molecule has 0 amide bonds. The summed E-state index contributed by atoms with van der Waals surface area (Å²) in [7, 11) is 3.75. The first kappa shape index (κ1) is 13.4. The Morgan fingerprint density at radius 3 is 1.95 bits per heavy atom. The van der Waals surface area contributed by atoms with E-state index in [0.717, 1.165) is 11.4 Å². The second-order valence-corrected chi connectivity index (χ2v) is 4.85. The maximum absolute atomic E-state index is 5.19. The molecule has 1 aromatic heterocycles. The van der Waals surface area contributed by atoms with Gasteiger partial charge >= 0.3 is 0 Å². The zero-order chi connectivity index (χ0) is 14.0. The molecule has 0 spiro atoms. The van der Waals surface area contributed by atoms with E-state index in [9.17, 15) is 0 Å². The van der Waals surface area contributed by atoms with Gasteiger partial charge in [-0.3, -0.25) is 0 Å². The number of hydrogen-bond donors (Lipinski definition) is 0. The molecule has 1 aromatic carbocycles. The second-order valence-electron chi connectivity index (χ2n) is 4.85. The predicted octanol–water partition coefficient (Wildman–Crippen LogP) is 2.81. The van der Waals surface area contributed by atoms with Gasteiger partial charge in [0.2, 0.25) is 11.4 Å². The Labute approximate surface area is 115 Å². The summed E-state index contributed by atoms with van der Waals surface area (Å²) in [5, 5.41) is 2.14. The Bertz CT molecular complexity index is 553. The zero-order valence-corrected chi connectivity index (χ0v) is 12.3. The van der Waals surface area contributed by atoms with Crippen LogP contribution in [0.3, 0.4) is 0 Å². The van der Waals surface area contributed by atoms with Crippen LogP contribution in [0.15, 0.2) is 36.4 Å². The lowest BCUT2D eigenvalue weighted by molar-refractivity contribution is -0.693. The van der Waals surface area contributed by atoms with Crippen LogP contribution in [0, 0.1) is 20.8 Å². The summed E-state index contributed by atoms with van der Waals surface area (Å²) in [4.78, 5) is 0. The maximum atomic E-state index is 5.19. The molecule has 0 aliphatic heterocycles. The van der Waals surface area contributed by atoms with Gasteiger partial charge in [-0.05, 0) is 36.8 Å². The standard InChI is InChI=1S/C16H21N2O/c1-12-10-13(2)18(14(3)11-12)17(4)15-6-8-16(19-5)9-7-15/h6-11H,1-5H3/q+1. The van der Waals surface area contributed by atoms with Crippen molar-refractivity contribution in [3.63, 3.8) is 0 Å². The van der Waals surface area contributed by atoms with Gasteiger partial charge in [0.1, 0.15) is 5.75 Å². The smallest absolute Gasteiger partial charge is 0.209 e. The minimum Gasteiger partial charge on any atom is -0.497 e. The van der Waals surface area contributed by atoms with E-state index < -0.39 is 0 Å². The fraction of sp³-hybridized carbons (Fsp3) is 0.312.